The number of nitrogens with zero attached hydrogens (tertiary/aromatic N) is 2. The van der Waals surface area contributed by atoms with Gasteiger partial charge in [0.05, 0.1) is 30.1 Å². The number of para-hydroxylation sites is 1. The average Bonchev–Trinajstić information content (AvgIpc) is 2.84. The van der Waals surface area contributed by atoms with E-state index in [0.29, 0.717) is 28.4 Å². The summed E-state index contributed by atoms with van der Waals surface area (Å²) in [5.74, 6) is 0.206. The second-order valence-electron chi connectivity index (χ2n) is 9.68. The van der Waals surface area contributed by atoms with E-state index in [0.717, 1.165) is 27.7 Å². The zero-order valence-corrected chi connectivity index (χ0v) is 21.4. The summed E-state index contributed by atoms with van der Waals surface area (Å²) in [4.78, 5) is 21.9. The third-order valence-electron chi connectivity index (χ3n) is 5.86. The predicted octanol–water partition coefficient (Wildman–Crippen LogP) is 6.61. The molecule has 0 radical (unpaired) electrons. The van der Waals surface area contributed by atoms with Crippen molar-refractivity contribution in [3.05, 3.63) is 77.6 Å². The minimum absolute atomic E-state index is 0.556. The summed E-state index contributed by atoms with van der Waals surface area (Å²) in [6, 6.07) is 17.4. The maximum absolute atomic E-state index is 12.5. The molecule has 0 spiro atoms. The summed E-state index contributed by atoms with van der Waals surface area (Å²) < 4.78 is 11.4. The number of aliphatic carboxylic acids is 1. The van der Waals surface area contributed by atoms with Gasteiger partial charge in [-0.05, 0) is 70.0 Å². The van der Waals surface area contributed by atoms with Crippen LogP contribution in [0.4, 0.5) is 11.5 Å². The molecule has 0 saturated carbocycles. The molecule has 0 unspecified atom stereocenters. The van der Waals surface area contributed by atoms with E-state index in [-0.39, 0.29) is 0 Å². The molecule has 2 aromatic heterocycles. The van der Waals surface area contributed by atoms with E-state index >= 15 is 0 Å². The fourth-order valence-corrected chi connectivity index (χ4v) is 4.25. The number of fused-ring (bicyclic) bond motifs is 1. The standard InChI is InChI=1S/C29H31N3O4/c1-17-24(26(28(33)34)36-29(3,4)5)25(19-11-13-22(35-6)14-12-19)18(2)31-27(17)32-21-15-20-9-7-8-10-23(20)30-16-21/h7-16,26H,1-6H3,(H,31,32)(H,33,34)/t26-/m1/s1. The Balaban J connectivity index is 1.89. The molecular formula is C29H31N3O4. The quantitative estimate of drug-likeness (QED) is 0.304. The van der Waals surface area contributed by atoms with Gasteiger partial charge in [-0.25, -0.2) is 9.78 Å². The molecule has 0 aliphatic carbocycles. The van der Waals surface area contributed by atoms with Crippen LogP contribution in [0.15, 0.2) is 60.8 Å². The molecule has 2 N–H and O–H groups in total. The maximum atomic E-state index is 12.5. The van der Waals surface area contributed by atoms with Crippen LogP contribution in [0.3, 0.4) is 0 Å². The Bertz CT molecular complexity index is 1410. The van der Waals surface area contributed by atoms with Crippen LogP contribution in [0.25, 0.3) is 22.0 Å². The first kappa shape index (κ1) is 25.1. The third kappa shape index (κ3) is 5.31. The second-order valence-corrected chi connectivity index (χ2v) is 9.68. The van der Waals surface area contributed by atoms with Crippen LogP contribution in [-0.4, -0.2) is 33.8 Å². The van der Waals surface area contributed by atoms with E-state index in [4.69, 9.17) is 14.5 Å². The maximum Gasteiger partial charge on any atom is 0.337 e. The van der Waals surface area contributed by atoms with Crippen molar-refractivity contribution in [3.63, 3.8) is 0 Å². The van der Waals surface area contributed by atoms with E-state index < -0.39 is 17.7 Å². The van der Waals surface area contributed by atoms with Crippen molar-refractivity contribution < 1.29 is 19.4 Å². The van der Waals surface area contributed by atoms with Gasteiger partial charge < -0.3 is 19.9 Å². The van der Waals surface area contributed by atoms with E-state index in [1.54, 1.807) is 13.3 Å². The van der Waals surface area contributed by atoms with Gasteiger partial charge >= 0.3 is 5.97 Å². The number of anilines is 2. The van der Waals surface area contributed by atoms with Crippen molar-refractivity contribution in [2.45, 2.75) is 46.3 Å². The molecule has 0 aliphatic heterocycles. The Morgan fingerprint density at radius 1 is 1.06 bits per heavy atom. The first-order valence-electron chi connectivity index (χ1n) is 11.8. The molecule has 4 rings (SSSR count). The molecular weight excluding hydrogens is 454 g/mol. The summed E-state index contributed by atoms with van der Waals surface area (Å²) in [7, 11) is 1.61. The number of aromatic nitrogens is 2. The molecule has 36 heavy (non-hydrogen) atoms. The molecule has 186 valence electrons. The normalized spacial score (nSPS) is 12.4. The van der Waals surface area contributed by atoms with E-state index in [1.807, 2.05) is 89.2 Å². The van der Waals surface area contributed by atoms with Gasteiger partial charge in [0.25, 0.3) is 0 Å². The number of benzene rings is 2. The number of carboxylic acids is 1. The minimum Gasteiger partial charge on any atom is -0.497 e. The molecule has 0 fully saturated rings. The van der Waals surface area contributed by atoms with Crippen LogP contribution >= 0.6 is 0 Å². The number of nitrogens with one attached hydrogen (secondary N) is 1. The lowest BCUT2D eigenvalue weighted by atomic mass is 9.91. The van der Waals surface area contributed by atoms with Gasteiger partial charge in [0, 0.05) is 22.2 Å². The third-order valence-corrected chi connectivity index (χ3v) is 5.86. The van der Waals surface area contributed by atoms with Crippen molar-refractivity contribution in [1.82, 2.24) is 9.97 Å². The first-order chi connectivity index (χ1) is 17.1. The molecule has 1 atom stereocenters. The van der Waals surface area contributed by atoms with Gasteiger partial charge in [0.15, 0.2) is 6.10 Å². The van der Waals surface area contributed by atoms with Crippen molar-refractivity contribution in [2.75, 3.05) is 12.4 Å². The lowest BCUT2D eigenvalue weighted by Crippen LogP contribution is -2.28. The number of aryl methyl sites for hydroxylation is 1. The fourth-order valence-electron chi connectivity index (χ4n) is 4.25. The summed E-state index contributed by atoms with van der Waals surface area (Å²) in [5.41, 5.74) is 4.47. The molecule has 0 amide bonds. The molecule has 4 aromatic rings. The number of hydrogen-bond donors (Lipinski definition) is 2. The highest BCUT2D eigenvalue weighted by Crippen LogP contribution is 2.40. The number of pyridine rings is 2. The largest absolute Gasteiger partial charge is 0.497 e. The fraction of sp³-hybridized carbons (Fsp3) is 0.276. The van der Waals surface area contributed by atoms with Crippen molar-refractivity contribution in [3.8, 4) is 16.9 Å². The average molecular weight is 486 g/mol. The second kappa shape index (κ2) is 9.95. The van der Waals surface area contributed by atoms with Gasteiger partial charge in [-0.3, -0.25) is 4.98 Å². The smallest absolute Gasteiger partial charge is 0.337 e. The Morgan fingerprint density at radius 3 is 2.39 bits per heavy atom. The Hall–Kier alpha value is -3.97. The van der Waals surface area contributed by atoms with Crippen LogP contribution in [0, 0.1) is 13.8 Å². The van der Waals surface area contributed by atoms with Gasteiger partial charge in [-0.1, -0.05) is 30.3 Å². The summed E-state index contributed by atoms with van der Waals surface area (Å²) in [5, 5.41) is 14.6. The summed E-state index contributed by atoms with van der Waals surface area (Å²) in [6.45, 7) is 9.29. The van der Waals surface area contributed by atoms with Gasteiger partial charge in [0.2, 0.25) is 0 Å². The van der Waals surface area contributed by atoms with E-state index in [9.17, 15) is 9.90 Å². The minimum atomic E-state index is -1.20. The molecule has 2 heterocycles. The topological polar surface area (TPSA) is 93.6 Å². The Labute approximate surface area is 211 Å². The molecule has 2 aromatic carbocycles. The van der Waals surface area contributed by atoms with Gasteiger partial charge in [0.1, 0.15) is 11.6 Å². The number of rotatable bonds is 7. The molecule has 0 bridgehead atoms. The monoisotopic (exact) mass is 485 g/mol. The number of hydrogen-bond acceptors (Lipinski definition) is 6. The highest BCUT2D eigenvalue weighted by Gasteiger charge is 2.33. The number of carbonyl (C=O) groups is 1. The number of ether oxygens (including phenoxy) is 2. The van der Waals surface area contributed by atoms with E-state index in [2.05, 4.69) is 10.3 Å². The van der Waals surface area contributed by atoms with Gasteiger partial charge in [-0.15, -0.1) is 0 Å². The van der Waals surface area contributed by atoms with Crippen LogP contribution < -0.4 is 10.1 Å². The predicted molar refractivity (Wildman–Crippen MR) is 142 cm³/mol. The zero-order chi connectivity index (χ0) is 26.0. The first-order valence-corrected chi connectivity index (χ1v) is 11.8. The van der Waals surface area contributed by atoms with Crippen LogP contribution in [0.2, 0.25) is 0 Å². The molecule has 7 heteroatoms. The van der Waals surface area contributed by atoms with Crippen LogP contribution in [-0.2, 0) is 9.53 Å². The summed E-state index contributed by atoms with van der Waals surface area (Å²) >= 11 is 0. The molecule has 7 nitrogen and oxygen atoms in total. The zero-order valence-electron chi connectivity index (χ0n) is 21.4. The SMILES string of the molecule is COc1ccc(-c2c(C)nc(Nc3cnc4ccccc4c3)c(C)c2[C@@H](OC(C)(C)C)C(=O)O)cc1. The highest BCUT2D eigenvalue weighted by atomic mass is 16.5. The Morgan fingerprint density at radius 2 is 1.75 bits per heavy atom. The van der Waals surface area contributed by atoms with Crippen LogP contribution in [0.5, 0.6) is 5.75 Å². The number of carboxylic acid groups (broad SMARTS) is 1. The van der Waals surface area contributed by atoms with Crippen molar-refractivity contribution >= 4 is 28.4 Å². The molecule has 0 aliphatic rings. The van der Waals surface area contributed by atoms with Gasteiger partial charge in [-0.2, -0.15) is 0 Å². The Kier molecular flexibility index (Phi) is 6.95. The van der Waals surface area contributed by atoms with E-state index in [1.165, 1.54) is 0 Å². The highest BCUT2D eigenvalue weighted by molar-refractivity contribution is 5.85. The van der Waals surface area contributed by atoms with Crippen LogP contribution in [0.1, 0.15) is 43.7 Å². The van der Waals surface area contributed by atoms with Crippen molar-refractivity contribution in [2.24, 2.45) is 0 Å². The lowest BCUT2D eigenvalue weighted by molar-refractivity contribution is -0.160. The lowest BCUT2D eigenvalue weighted by Gasteiger charge is -2.29. The molecule has 0 saturated heterocycles. The summed E-state index contributed by atoms with van der Waals surface area (Å²) in [6.07, 6.45) is 0.551. The van der Waals surface area contributed by atoms with Crippen molar-refractivity contribution in [1.29, 1.82) is 0 Å². The number of methoxy groups -OCH3 is 1.